The highest BCUT2D eigenvalue weighted by Gasteiger charge is 2.13. The van der Waals surface area contributed by atoms with E-state index in [-0.39, 0.29) is 36.6 Å². The largest absolute Gasteiger partial charge is 0.454 e. The van der Waals surface area contributed by atoms with Crippen LogP contribution in [0.15, 0.2) is 45.9 Å². The average molecular weight is 522 g/mol. The number of nitrogens with one attached hydrogen (secondary N) is 2. The van der Waals surface area contributed by atoms with Gasteiger partial charge in [0.1, 0.15) is 5.82 Å². The van der Waals surface area contributed by atoms with Gasteiger partial charge in [-0.2, -0.15) is 0 Å². The molecule has 2 aromatic carbocycles. The normalized spacial score (nSPS) is 12.5. The van der Waals surface area contributed by atoms with Crippen LogP contribution in [0, 0.1) is 5.82 Å². The zero-order valence-electron chi connectivity index (χ0n) is 13.5. The number of hydrogen-bond donors (Lipinski definition) is 2. The first kappa shape index (κ1) is 19.8. The standard InChI is InChI=1S/C17H17BrFN3O2.HI/c1-20-17(22-9-12-7-13(18)3-4-14(12)19)21-8-11-2-5-15-16(6-11)24-10-23-15;/h2-7H,8-10H2,1H3,(H2,20,21,22);1H. The summed E-state index contributed by atoms with van der Waals surface area (Å²) in [5.74, 6) is 1.84. The molecule has 0 saturated carbocycles. The van der Waals surface area contributed by atoms with E-state index in [1.165, 1.54) is 6.07 Å². The first-order valence-electron chi connectivity index (χ1n) is 7.42. The minimum absolute atomic E-state index is 0. The molecule has 1 heterocycles. The Kier molecular flexibility index (Phi) is 7.30. The van der Waals surface area contributed by atoms with E-state index in [0.29, 0.717) is 24.6 Å². The molecule has 0 amide bonds. The smallest absolute Gasteiger partial charge is 0.231 e. The third kappa shape index (κ3) is 5.21. The third-order valence-corrected chi connectivity index (χ3v) is 4.07. The Morgan fingerprint density at radius 2 is 1.88 bits per heavy atom. The molecule has 0 fully saturated rings. The lowest BCUT2D eigenvalue weighted by Gasteiger charge is -2.13. The molecule has 0 atom stereocenters. The van der Waals surface area contributed by atoms with Crippen molar-refractivity contribution >= 4 is 45.9 Å². The number of fused-ring (bicyclic) bond motifs is 1. The summed E-state index contributed by atoms with van der Waals surface area (Å²) in [6.07, 6.45) is 0. The van der Waals surface area contributed by atoms with E-state index in [0.717, 1.165) is 21.5 Å². The fraction of sp³-hybridized carbons (Fsp3) is 0.235. The Balaban J connectivity index is 0.00000225. The van der Waals surface area contributed by atoms with Crippen LogP contribution in [0.2, 0.25) is 0 Å². The van der Waals surface area contributed by atoms with Crippen LogP contribution in [-0.2, 0) is 13.1 Å². The summed E-state index contributed by atoms with van der Waals surface area (Å²) in [6.45, 7) is 1.16. The molecule has 1 aliphatic heterocycles. The van der Waals surface area contributed by atoms with Crippen LogP contribution in [0.25, 0.3) is 0 Å². The van der Waals surface area contributed by atoms with Crippen LogP contribution in [0.4, 0.5) is 4.39 Å². The van der Waals surface area contributed by atoms with E-state index in [4.69, 9.17) is 9.47 Å². The lowest BCUT2D eigenvalue weighted by molar-refractivity contribution is 0.174. The lowest BCUT2D eigenvalue weighted by Crippen LogP contribution is -2.36. The van der Waals surface area contributed by atoms with Gasteiger partial charge in [0.25, 0.3) is 0 Å². The summed E-state index contributed by atoms with van der Waals surface area (Å²) in [4.78, 5) is 4.15. The van der Waals surface area contributed by atoms with Gasteiger partial charge in [0.15, 0.2) is 17.5 Å². The number of benzene rings is 2. The van der Waals surface area contributed by atoms with Crippen molar-refractivity contribution in [2.24, 2.45) is 4.99 Å². The van der Waals surface area contributed by atoms with Gasteiger partial charge in [-0.3, -0.25) is 4.99 Å². The molecule has 2 aromatic rings. The fourth-order valence-corrected chi connectivity index (χ4v) is 2.72. The Morgan fingerprint density at radius 3 is 2.68 bits per heavy atom. The van der Waals surface area contributed by atoms with Gasteiger partial charge in [-0.25, -0.2) is 4.39 Å². The Bertz CT molecular complexity index is 774. The quantitative estimate of drug-likeness (QED) is 0.365. The van der Waals surface area contributed by atoms with Crippen LogP contribution in [0.5, 0.6) is 11.5 Å². The maximum Gasteiger partial charge on any atom is 0.231 e. The number of guanidine groups is 1. The molecular weight excluding hydrogens is 504 g/mol. The molecule has 0 aliphatic carbocycles. The topological polar surface area (TPSA) is 54.9 Å². The van der Waals surface area contributed by atoms with Gasteiger partial charge < -0.3 is 20.1 Å². The number of halogens is 3. The summed E-state index contributed by atoms with van der Waals surface area (Å²) in [5, 5.41) is 6.29. The van der Waals surface area contributed by atoms with Crippen molar-refractivity contribution in [1.29, 1.82) is 0 Å². The summed E-state index contributed by atoms with van der Waals surface area (Å²) >= 11 is 3.34. The number of hydrogen-bond acceptors (Lipinski definition) is 3. The SMILES string of the molecule is CN=C(NCc1ccc2c(c1)OCO2)NCc1cc(Br)ccc1F.I. The maximum atomic E-state index is 13.8. The third-order valence-electron chi connectivity index (χ3n) is 3.57. The highest BCUT2D eigenvalue weighted by Crippen LogP contribution is 2.32. The van der Waals surface area contributed by atoms with Crippen molar-refractivity contribution < 1.29 is 13.9 Å². The van der Waals surface area contributed by atoms with Gasteiger partial charge in [0, 0.05) is 30.2 Å². The van der Waals surface area contributed by atoms with Crippen molar-refractivity contribution in [2.75, 3.05) is 13.8 Å². The predicted octanol–water partition coefficient (Wildman–Crippen LogP) is 3.80. The number of aliphatic imine (C=N–C) groups is 1. The molecule has 25 heavy (non-hydrogen) atoms. The van der Waals surface area contributed by atoms with E-state index in [2.05, 4.69) is 31.6 Å². The molecule has 0 aromatic heterocycles. The van der Waals surface area contributed by atoms with Crippen LogP contribution in [-0.4, -0.2) is 19.8 Å². The predicted molar refractivity (Wildman–Crippen MR) is 109 cm³/mol. The van der Waals surface area contributed by atoms with Crippen LogP contribution >= 0.6 is 39.9 Å². The summed E-state index contributed by atoms with van der Waals surface area (Å²) in [7, 11) is 1.67. The molecule has 1 aliphatic rings. The van der Waals surface area contributed by atoms with E-state index in [1.807, 2.05) is 18.2 Å². The maximum absolute atomic E-state index is 13.8. The van der Waals surface area contributed by atoms with Gasteiger partial charge in [-0.05, 0) is 35.9 Å². The van der Waals surface area contributed by atoms with Gasteiger partial charge in [-0.15, -0.1) is 24.0 Å². The van der Waals surface area contributed by atoms with Gasteiger partial charge in [0.05, 0.1) is 0 Å². The monoisotopic (exact) mass is 521 g/mol. The first-order chi connectivity index (χ1) is 11.7. The van der Waals surface area contributed by atoms with Gasteiger partial charge >= 0.3 is 0 Å². The Hall–Kier alpha value is -1.55. The molecule has 0 unspecified atom stereocenters. The summed E-state index contributed by atoms with van der Waals surface area (Å²) in [5.41, 5.74) is 1.60. The zero-order valence-corrected chi connectivity index (χ0v) is 17.4. The minimum Gasteiger partial charge on any atom is -0.454 e. The molecule has 0 spiro atoms. The van der Waals surface area contributed by atoms with Crippen molar-refractivity contribution in [3.8, 4) is 11.5 Å². The van der Waals surface area contributed by atoms with Gasteiger partial charge in [-0.1, -0.05) is 22.0 Å². The van der Waals surface area contributed by atoms with Crippen molar-refractivity contribution in [3.63, 3.8) is 0 Å². The van der Waals surface area contributed by atoms with Gasteiger partial charge in [0.2, 0.25) is 6.79 Å². The van der Waals surface area contributed by atoms with E-state index in [1.54, 1.807) is 19.2 Å². The molecule has 0 bridgehead atoms. The van der Waals surface area contributed by atoms with Crippen LogP contribution in [0.1, 0.15) is 11.1 Å². The average Bonchev–Trinajstić information content (AvgIpc) is 3.05. The number of rotatable bonds is 4. The molecule has 134 valence electrons. The number of ether oxygens (including phenoxy) is 2. The molecule has 5 nitrogen and oxygen atoms in total. The van der Waals surface area contributed by atoms with Crippen LogP contribution in [0.3, 0.4) is 0 Å². The lowest BCUT2D eigenvalue weighted by atomic mass is 10.2. The number of nitrogens with zero attached hydrogens (tertiary/aromatic N) is 1. The molecular formula is C17H18BrFIN3O2. The fourth-order valence-electron chi connectivity index (χ4n) is 2.32. The van der Waals surface area contributed by atoms with Crippen LogP contribution < -0.4 is 20.1 Å². The molecule has 3 rings (SSSR count). The molecule has 0 radical (unpaired) electrons. The zero-order chi connectivity index (χ0) is 16.9. The highest BCUT2D eigenvalue weighted by atomic mass is 127. The molecule has 2 N–H and O–H groups in total. The Labute approximate surface area is 171 Å². The van der Waals surface area contributed by atoms with E-state index < -0.39 is 0 Å². The summed E-state index contributed by atoms with van der Waals surface area (Å²) in [6, 6.07) is 10.6. The second kappa shape index (κ2) is 9.23. The first-order valence-corrected chi connectivity index (χ1v) is 8.22. The highest BCUT2D eigenvalue weighted by molar-refractivity contribution is 14.0. The molecule has 0 saturated heterocycles. The second-order valence-corrected chi connectivity index (χ2v) is 6.12. The Morgan fingerprint density at radius 1 is 1.12 bits per heavy atom. The van der Waals surface area contributed by atoms with Crippen molar-refractivity contribution in [3.05, 3.63) is 57.8 Å². The van der Waals surface area contributed by atoms with Crippen molar-refractivity contribution in [2.45, 2.75) is 13.1 Å². The van der Waals surface area contributed by atoms with E-state index >= 15 is 0 Å². The minimum atomic E-state index is -0.253. The van der Waals surface area contributed by atoms with Crippen molar-refractivity contribution in [1.82, 2.24) is 10.6 Å². The molecule has 8 heteroatoms. The summed E-state index contributed by atoms with van der Waals surface area (Å²) < 4.78 is 25.2. The van der Waals surface area contributed by atoms with E-state index in [9.17, 15) is 4.39 Å². The second-order valence-electron chi connectivity index (χ2n) is 5.20.